The number of carbonyl (C=O) groups is 1. The van der Waals surface area contributed by atoms with Crippen molar-refractivity contribution in [2.24, 2.45) is 5.92 Å². The average molecular weight is 567 g/mol. The Hall–Kier alpha value is -1.71. The third kappa shape index (κ3) is 5.38. The Morgan fingerprint density at radius 3 is 2.58 bits per heavy atom. The summed E-state index contributed by atoms with van der Waals surface area (Å²) in [6.45, 7) is 0.844. The standard InChI is InChI=1S/C22H25Br2N5OS/c1-29(2)20-15-5-3-4-6-17(15)27-22(28-20)25-12-13-7-9-14(10-8-13)26-21(30)18-11-16(23)19(24)31-18/h3-6,11,13-14H,7-10,12H2,1-2H3,(H,26,30)(H,25,27,28). The van der Waals surface area contributed by atoms with Gasteiger partial charge in [-0.15, -0.1) is 11.3 Å². The van der Waals surface area contributed by atoms with Crippen molar-refractivity contribution >= 4 is 71.8 Å². The van der Waals surface area contributed by atoms with Gasteiger partial charge in [-0.05, 0) is 81.7 Å². The fraction of sp³-hybridized carbons (Fsp3) is 0.409. The molecule has 1 saturated carbocycles. The molecular formula is C22H25Br2N5OS. The van der Waals surface area contributed by atoms with Crippen LogP contribution in [0.1, 0.15) is 35.4 Å². The topological polar surface area (TPSA) is 70.2 Å². The Morgan fingerprint density at radius 2 is 1.90 bits per heavy atom. The molecule has 1 aliphatic carbocycles. The molecule has 1 amide bonds. The van der Waals surface area contributed by atoms with E-state index >= 15 is 0 Å². The van der Waals surface area contributed by atoms with Crippen LogP contribution in [0.15, 0.2) is 38.6 Å². The smallest absolute Gasteiger partial charge is 0.261 e. The number of amides is 1. The number of rotatable bonds is 6. The number of hydrogen-bond acceptors (Lipinski definition) is 6. The van der Waals surface area contributed by atoms with Crippen LogP contribution in [0.5, 0.6) is 0 Å². The zero-order valence-corrected chi connectivity index (χ0v) is 21.5. The molecule has 0 atom stereocenters. The van der Waals surface area contributed by atoms with Crippen molar-refractivity contribution in [3.8, 4) is 0 Å². The van der Waals surface area contributed by atoms with Crippen LogP contribution < -0.4 is 15.5 Å². The first-order chi connectivity index (χ1) is 14.9. The highest BCUT2D eigenvalue weighted by Gasteiger charge is 2.24. The van der Waals surface area contributed by atoms with Crippen molar-refractivity contribution in [3.05, 3.63) is 43.5 Å². The van der Waals surface area contributed by atoms with Crippen LogP contribution in [0.25, 0.3) is 10.9 Å². The van der Waals surface area contributed by atoms with Crippen LogP contribution in [0.4, 0.5) is 11.8 Å². The molecule has 6 nitrogen and oxygen atoms in total. The van der Waals surface area contributed by atoms with Crippen molar-refractivity contribution < 1.29 is 4.79 Å². The SMILES string of the molecule is CN(C)c1nc(NCC2CCC(NC(=O)c3cc(Br)c(Br)s3)CC2)nc2ccccc12. The normalized spacial score (nSPS) is 18.7. The fourth-order valence-corrected chi connectivity index (χ4v) is 5.88. The lowest BCUT2D eigenvalue weighted by Crippen LogP contribution is -2.38. The Bertz CT molecular complexity index is 1060. The highest BCUT2D eigenvalue weighted by molar-refractivity contribution is 9.13. The van der Waals surface area contributed by atoms with Crippen molar-refractivity contribution in [1.29, 1.82) is 0 Å². The number of para-hydroxylation sites is 1. The van der Waals surface area contributed by atoms with E-state index in [1.807, 2.05) is 43.3 Å². The lowest BCUT2D eigenvalue weighted by atomic mass is 9.86. The average Bonchev–Trinajstić information content (AvgIpc) is 3.11. The predicted octanol–water partition coefficient (Wildman–Crippen LogP) is 5.68. The van der Waals surface area contributed by atoms with Crippen LogP contribution in [-0.2, 0) is 0 Å². The van der Waals surface area contributed by atoms with Crippen LogP contribution in [0, 0.1) is 5.92 Å². The van der Waals surface area contributed by atoms with E-state index in [1.165, 1.54) is 11.3 Å². The van der Waals surface area contributed by atoms with Crippen LogP contribution in [0.2, 0.25) is 0 Å². The number of carbonyl (C=O) groups excluding carboxylic acids is 1. The first-order valence-electron chi connectivity index (χ1n) is 10.3. The number of nitrogens with one attached hydrogen (secondary N) is 2. The molecule has 2 N–H and O–H groups in total. The number of benzene rings is 1. The molecule has 1 aromatic carbocycles. The van der Waals surface area contributed by atoms with Gasteiger partial charge < -0.3 is 15.5 Å². The number of halogens is 2. The second-order valence-corrected chi connectivity index (χ2v) is 11.3. The Kier molecular flexibility index (Phi) is 7.13. The summed E-state index contributed by atoms with van der Waals surface area (Å²) in [5.41, 5.74) is 0.946. The summed E-state index contributed by atoms with van der Waals surface area (Å²) >= 11 is 8.35. The van der Waals surface area contributed by atoms with Crippen LogP contribution >= 0.6 is 43.2 Å². The number of fused-ring (bicyclic) bond motifs is 1. The lowest BCUT2D eigenvalue weighted by Gasteiger charge is -2.29. The van der Waals surface area contributed by atoms with E-state index in [9.17, 15) is 4.79 Å². The van der Waals surface area contributed by atoms with E-state index in [-0.39, 0.29) is 11.9 Å². The van der Waals surface area contributed by atoms with Gasteiger partial charge in [0.15, 0.2) is 0 Å². The number of nitrogens with zero attached hydrogens (tertiary/aromatic N) is 3. The van der Waals surface area contributed by atoms with E-state index in [2.05, 4.69) is 53.5 Å². The molecule has 4 rings (SSSR count). The minimum absolute atomic E-state index is 0.0127. The molecule has 0 aliphatic heterocycles. The molecule has 0 spiro atoms. The summed E-state index contributed by atoms with van der Waals surface area (Å²) in [4.78, 5) is 24.6. The van der Waals surface area contributed by atoms with Gasteiger partial charge in [0, 0.05) is 36.5 Å². The molecular weight excluding hydrogens is 542 g/mol. The van der Waals surface area contributed by atoms with E-state index in [4.69, 9.17) is 4.98 Å². The van der Waals surface area contributed by atoms with Gasteiger partial charge in [0.1, 0.15) is 5.82 Å². The summed E-state index contributed by atoms with van der Waals surface area (Å²) in [6.07, 6.45) is 4.13. The molecule has 31 heavy (non-hydrogen) atoms. The predicted molar refractivity (Wildman–Crippen MR) is 135 cm³/mol. The molecule has 1 aliphatic rings. The molecule has 0 bridgehead atoms. The van der Waals surface area contributed by atoms with E-state index in [0.29, 0.717) is 11.9 Å². The van der Waals surface area contributed by atoms with Gasteiger partial charge in [0.05, 0.1) is 14.2 Å². The summed E-state index contributed by atoms with van der Waals surface area (Å²) in [5, 5.41) is 7.69. The number of thiophene rings is 1. The zero-order chi connectivity index (χ0) is 22.0. The van der Waals surface area contributed by atoms with Gasteiger partial charge in [-0.1, -0.05) is 12.1 Å². The summed E-state index contributed by atoms with van der Waals surface area (Å²) in [6, 6.07) is 10.2. The molecule has 0 radical (unpaired) electrons. The van der Waals surface area contributed by atoms with Crippen molar-refractivity contribution in [1.82, 2.24) is 15.3 Å². The summed E-state index contributed by atoms with van der Waals surface area (Å²) in [7, 11) is 4.00. The maximum atomic E-state index is 12.5. The van der Waals surface area contributed by atoms with Gasteiger partial charge in [-0.3, -0.25) is 4.79 Å². The zero-order valence-electron chi connectivity index (χ0n) is 17.5. The number of anilines is 2. The third-order valence-electron chi connectivity index (χ3n) is 5.61. The minimum Gasteiger partial charge on any atom is -0.362 e. The molecule has 164 valence electrons. The van der Waals surface area contributed by atoms with Crippen molar-refractivity contribution in [2.75, 3.05) is 30.9 Å². The monoisotopic (exact) mass is 565 g/mol. The highest BCUT2D eigenvalue weighted by atomic mass is 79.9. The molecule has 1 fully saturated rings. The van der Waals surface area contributed by atoms with E-state index < -0.39 is 0 Å². The molecule has 0 saturated heterocycles. The van der Waals surface area contributed by atoms with Gasteiger partial charge in [-0.25, -0.2) is 4.98 Å². The van der Waals surface area contributed by atoms with E-state index in [0.717, 1.165) is 62.1 Å². The first kappa shape index (κ1) is 22.5. The Labute approximate surface area is 203 Å². The second-order valence-electron chi connectivity index (χ2n) is 8.09. The van der Waals surface area contributed by atoms with E-state index in [1.54, 1.807) is 0 Å². The molecule has 2 heterocycles. The van der Waals surface area contributed by atoms with Gasteiger partial charge in [-0.2, -0.15) is 4.98 Å². The minimum atomic E-state index is 0.0127. The molecule has 3 aromatic rings. The number of hydrogen-bond donors (Lipinski definition) is 2. The van der Waals surface area contributed by atoms with Crippen LogP contribution in [-0.4, -0.2) is 42.6 Å². The molecule has 2 aromatic heterocycles. The van der Waals surface area contributed by atoms with Crippen LogP contribution in [0.3, 0.4) is 0 Å². The maximum absolute atomic E-state index is 12.5. The van der Waals surface area contributed by atoms with Gasteiger partial charge in [0.2, 0.25) is 5.95 Å². The van der Waals surface area contributed by atoms with Crippen molar-refractivity contribution in [2.45, 2.75) is 31.7 Å². The Morgan fingerprint density at radius 1 is 1.16 bits per heavy atom. The molecule has 0 unspecified atom stereocenters. The Balaban J connectivity index is 1.31. The fourth-order valence-electron chi connectivity index (χ4n) is 3.94. The quantitative estimate of drug-likeness (QED) is 0.401. The van der Waals surface area contributed by atoms with Gasteiger partial charge >= 0.3 is 0 Å². The van der Waals surface area contributed by atoms with Gasteiger partial charge in [0.25, 0.3) is 5.91 Å². The maximum Gasteiger partial charge on any atom is 0.261 e. The lowest BCUT2D eigenvalue weighted by molar-refractivity contribution is 0.0927. The second kappa shape index (κ2) is 9.83. The highest BCUT2D eigenvalue weighted by Crippen LogP contribution is 2.33. The molecule has 9 heteroatoms. The largest absolute Gasteiger partial charge is 0.362 e. The summed E-state index contributed by atoms with van der Waals surface area (Å²) < 4.78 is 1.87. The number of aromatic nitrogens is 2. The summed E-state index contributed by atoms with van der Waals surface area (Å²) in [5.74, 6) is 2.16. The first-order valence-corrected chi connectivity index (χ1v) is 12.7. The van der Waals surface area contributed by atoms with Crippen molar-refractivity contribution in [3.63, 3.8) is 0 Å². The third-order valence-corrected chi connectivity index (χ3v) is 8.86.